The van der Waals surface area contributed by atoms with Crippen LogP contribution < -0.4 is 14.5 Å². The van der Waals surface area contributed by atoms with Gasteiger partial charge in [0.05, 0.1) is 23.1 Å². The van der Waals surface area contributed by atoms with Crippen LogP contribution in [0.1, 0.15) is 49.9 Å². The standard InChI is InChI=1S/C66H51N3O/c1-4-18-48(43-67(49-21-7-5-8-22-49)59-29-17-20-44-19-11-12-25-52(44)59)47-33-38-63-65(41-47)70-64-30-16-15-28-62(64)69(63)51-34-36-54-53-35-31-46(40-57(53)66(2,3)58(54)42-51)45-32-37-61-56(39-45)55-26-13-14-27-60(55)68(61)50-23-9-6-10-24-50/h4-23,25-43,50H,24H2,1-3H3/b18-4-,48-43+. The summed E-state index contributed by atoms with van der Waals surface area (Å²) in [5, 5.41) is 4.99. The molecular formula is C66H51N3O. The summed E-state index contributed by atoms with van der Waals surface area (Å²) < 4.78 is 9.36. The Morgan fingerprint density at radius 3 is 2.17 bits per heavy atom. The molecule has 1 aliphatic heterocycles. The molecule has 2 aliphatic carbocycles. The molecule has 1 atom stereocenters. The number of aromatic nitrogens is 1. The molecule has 0 fully saturated rings. The van der Waals surface area contributed by atoms with Gasteiger partial charge in [0.2, 0.25) is 0 Å². The average molecular weight is 902 g/mol. The Kier molecular flexibility index (Phi) is 9.84. The number of fused-ring (bicyclic) bond motifs is 9. The van der Waals surface area contributed by atoms with Crippen LogP contribution in [0.25, 0.3) is 60.4 Å². The quantitative estimate of drug-likeness (QED) is 0.142. The van der Waals surface area contributed by atoms with E-state index in [2.05, 4.69) is 272 Å². The highest BCUT2D eigenvalue weighted by molar-refractivity contribution is 6.09. The number of hydrogen-bond acceptors (Lipinski definition) is 3. The van der Waals surface area contributed by atoms with Crippen molar-refractivity contribution in [1.82, 2.24) is 4.57 Å². The number of nitrogens with zero attached hydrogens (tertiary/aromatic N) is 3. The highest BCUT2D eigenvalue weighted by atomic mass is 16.5. The second-order valence-electron chi connectivity index (χ2n) is 19.2. The second-order valence-corrected chi connectivity index (χ2v) is 19.2. The zero-order chi connectivity index (χ0) is 46.9. The van der Waals surface area contributed by atoms with E-state index in [1.807, 2.05) is 0 Å². The van der Waals surface area contributed by atoms with Gasteiger partial charge in [0.25, 0.3) is 0 Å². The first-order valence-electron chi connectivity index (χ1n) is 24.5. The van der Waals surface area contributed by atoms with Crippen molar-refractivity contribution in [3.63, 3.8) is 0 Å². The molecule has 70 heavy (non-hydrogen) atoms. The van der Waals surface area contributed by atoms with E-state index in [1.54, 1.807) is 0 Å². The Bertz CT molecular complexity index is 3840. The molecule has 336 valence electrons. The maximum absolute atomic E-state index is 6.84. The fraction of sp³-hybridized carbons (Fsp3) is 0.0909. The van der Waals surface area contributed by atoms with Crippen LogP contribution in [0.5, 0.6) is 11.5 Å². The number of allylic oxidation sites excluding steroid dienone is 7. The van der Waals surface area contributed by atoms with Crippen LogP contribution in [-0.4, -0.2) is 4.57 Å². The summed E-state index contributed by atoms with van der Waals surface area (Å²) in [6, 6.07) is 71.1. The van der Waals surface area contributed by atoms with Gasteiger partial charge in [0.1, 0.15) is 0 Å². The van der Waals surface area contributed by atoms with E-state index >= 15 is 0 Å². The van der Waals surface area contributed by atoms with E-state index in [4.69, 9.17) is 4.74 Å². The van der Waals surface area contributed by atoms with Crippen LogP contribution in [-0.2, 0) is 5.41 Å². The fourth-order valence-electron chi connectivity index (χ4n) is 11.4. The third-order valence-corrected chi connectivity index (χ3v) is 14.8. The summed E-state index contributed by atoms with van der Waals surface area (Å²) >= 11 is 0. The third-order valence-electron chi connectivity index (χ3n) is 14.8. The Balaban J connectivity index is 0.872. The maximum atomic E-state index is 6.84. The number of anilines is 5. The van der Waals surface area contributed by atoms with E-state index in [0.717, 1.165) is 57.5 Å². The van der Waals surface area contributed by atoms with E-state index in [1.165, 1.54) is 66.0 Å². The Hall–Kier alpha value is -8.60. The lowest BCUT2D eigenvalue weighted by Crippen LogP contribution is -2.18. The first-order valence-corrected chi connectivity index (χ1v) is 24.5. The molecule has 0 amide bonds. The Morgan fingerprint density at radius 2 is 1.31 bits per heavy atom. The van der Waals surface area contributed by atoms with Crippen molar-refractivity contribution in [2.45, 2.75) is 38.6 Å². The van der Waals surface area contributed by atoms with Crippen molar-refractivity contribution in [2.24, 2.45) is 0 Å². The van der Waals surface area contributed by atoms with Gasteiger partial charge in [-0.15, -0.1) is 0 Å². The highest BCUT2D eigenvalue weighted by Crippen LogP contribution is 2.55. The lowest BCUT2D eigenvalue weighted by Gasteiger charge is -2.34. The van der Waals surface area contributed by atoms with Crippen molar-refractivity contribution in [1.29, 1.82) is 0 Å². The van der Waals surface area contributed by atoms with Gasteiger partial charge in [-0.2, -0.15) is 0 Å². The van der Waals surface area contributed by atoms with Gasteiger partial charge in [-0.1, -0.05) is 166 Å². The van der Waals surface area contributed by atoms with Gasteiger partial charge in [-0.25, -0.2) is 0 Å². The van der Waals surface area contributed by atoms with Gasteiger partial charge >= 0.3 is 0 Å². The minimum Gasteiger partial charge on any atom is -0.453 e. The molecule has 0 saturated carbocycles. The van der Waals surface area contributed by atoms with Crippen LogP contribution in [0.3, 0.4) is 0 Å². The van der Waals surface area contributed by atoms with E-state index in [-0.39, 0.29) is 5.41 Å². The molecule has 0 N–H and O–H groups in total. The van der Waals surface area contributed by atoms with Crippen LogP contribution >= 0.6 is 0 Å². The zero-order valence-corrected chi connectivity index (χ0v) is 39.6. The molecule has 0 spiro atoms. The SMILES string of the molecule is C/C=C\C(=C/N(c1ccccc1)c1cccc2ccccc12)c1ccc2c(c1)Oc1ccccc1N2c1ccc2c(c1)C(C)(C)c1cc(-c3ccc4c(c3)c3ccccc3n4C3C=CC=CC3)ccc1-2. The molecule has 2 heterocycles. The molecule has 3 aliphatic rings. The lowest BCUT2D eigenvalue weighted by atomic mass is 9.81. The molecule has 4 heteroatoms. The number of para-hydroxylation sites is 4. The molecule has 4 nitrogen and oxygen atoms in total. The molecule has 0 radical (unpaired) electrons. The van der Waals surface area contributed by atoms with Crippen molar-refractivity contribution < 1.29 is 4.74 Å². The van der Waals surface area contributed by atoms with E-state index in [0.29, 0.717) is 6.04 Å². The summed E-state index contributed by atoms with van der Waals surface area (Å²) in [5.41, 5.74) is 17.5. The highest BCUT2D eigenvalue weighted by Gasteiger charge is 2.37. The first-order chi connectivity index (χ1) is 34.4. The first kappa shape index (κ1) is 41.6. The normalized spacial score (nSPS) is 15.6. The molecule has 0 bridgehead atoms. The second kappa shape index (κ2) is 16.6. The van der Waals surface area contributed by atoms with Gasteiger partial charge in [0.15, 0.2) is 11.5 Å². The lowest BCUT2D eigenvalue weighted by molar-refractivity contribution is 0.477. The number of hydrogen-bond donors (Lipinski definition) is 0. The predicted octanol–water partition coefficient (Wildman–Crippen LogP) is 18.3. The van der Waals surface area contributed by atoms with Gasteiger partial charge in [0, 0.05) is 50.2 Å². The van der Waals surface area contributed by atoms with E-state index < -0.39 is 0 Å². The molecular weight excluding hydrogens is 851 g/mol. The molecule has 9 aromatic carbocycles. The third kappa shape index (κ3) is 6.74. The number of rotatable bonds is 8. The van der Waals surface area contributed by atoms with Crippen molar-refractivity contribution in [3.05, 3.63) is 253 Å². The van der Waals surface area contributed by atoms with Crippen molar-refractivity contribution >= 4 is 66.6 Å². The van der Waals surface area contributed by atoms with Crippen molar-refractivity contribution in [2.75, 3.05) is 9.80 Å². The summed E-state index contributed by atoms with van der Waals surface area (Å²) in [7, 11) is 0. The maximum Gasteiger partial charge on any atom is 0.152 e. The number of ether oxygens (including phenoxy) is 1. The molecule has 10 aromatic rings. The predicted molar refractivity (Wildman–Crippen MR) is 294 cm³/mol. The Morgan fingerprint density at radius 1 is 0.600 bits per heavy atom. The molecule has 1 unspecified atom stereocenters. The summed E-state index contributed by atoms with van der Waals surface area (Å²) in [6.45, 7) is 6.84. The van der Waals surface area contributed by atoms with Gasteiger partial charge in [-0.3, -0.25) is 0 Å². The minimum absolute atomic E-state index is 0.239. The smallest absolute Gasteiger partial charge is 0.152 e. The monoisotopic (exact) mass is 901 g/mol. The largest absolute Gasteiger partial charge is 0.453 e. The topological polar surface area (TPSA) is 20.6 Å². The van der Waals surface area contributed by atoms with Crippen LogP contribution in [0.2, 0.25) is 0 Å². The molecule has 13 rings (SSSR count). The van der Waals surface area contributed by atoms with Gasteiger partial charge in [-0.05, 0) is 142 Å². The summed E-state index contributed by atoms with van der Waals surface area (Å²) in [4.78, 5) is 4.68. The zero-order valence-electron chi connectivity index (χ0n) is 39.6. The van der Waals surface area contributed by atoms with Crippen molar-refractivity contribution in [3.8, 4) is 33.8 Å². The fourth-order valence-corrected chi connectivity index (χ4v) is 11.4. The number of benzene rings is 9. The minimum atomic E-state index is -0.239. The average Bonchev–Trinajstić information content (AvgIpc) is 3.86. The molecule has 0 saturated heterocycles. The van der Waals surface area contributed by atoms with Crippen LogP contribution in [0.15, 0.2) is 237 Å². The van der Waals surface area contributed by atoms with E-state index in [9.17, 15) is 0 Å². The van der Waals surface area contributed by atoms with Crippen LogP contribution in [0, 0.1) is 0 Å². The molecule has 1 aromatic heterocycles. The van der Waals surface area contributed by atoms with Gasteiger partial charge < -0.3 is 19.1 Å². The van der Waals surface area contributed by atoms with Crippen LogP contribution in [0.4, 0.5) is 28.4 Å². The Labute approximate surface area is 409 Å². The summed E-state index contributed by atoms with van der Waals surface area (Å²) in [5.74, 6) is 1.63. The summed E-state index contributed by atoms with van der Waals surface area (Å²) in [6.07, 6.45) is 16.5.